The van der Waals surface area contributed by atoms with Crippen LogP contribution in [0.4, 0.5) is 0 Å². The van der Waals surface area contributed by atoms with E-state index < -0.39 is 0 Å². The van der Waals surface area contributed by atoms with Gasteiger partial charge in [0.2, 0.25) is 0 Å². The lowest BCUT2D eigenvalue weighted by Crippen LogP contribution is -2.30. The number of benzene rings is 1. The van der Waals surface area contributed by atoms with Gasteiger partial charge in [-0.25, -0.2) is 4.98 Å². The molecule has 0 aliphatic heterocycles. The van der Waals surface area contributed by atoms with Crippen LogP contribution in [0.3, 0.4) is 0 Å². The van der Waals surface area contributed by atoms with Crippen LogP contribution in [0.25, 0.3) is 10.9 Å². The minimum absolute atomic E-state index is 0.135. The predicted molar refractivity (Wildman–Crippen MR) is 67.1 cm³/mol. The molecule has 0 spiro atoms. The Kier molecular flexibility index (Phi) is 3.42. The molecule has 0 radical (unpaired) electrons. The molecule has 1 aromatic heterocycles. The Bertz CT molecular complexity index is 575. The molecule has 1 heterocycles. The van der Waals surface area contributed by atoms with E-state index >= 15 is 0 Å². The summed E-state index contributed by atoms with van der Waals surface area (Å²) in [7, 11) is 0. The van der Waals surface area contributed by atoms with Crippen molar-refractivity contribution in [3.63, 3.8) is 0 Å². The van der Waals surface area contributed by atoms with E-state index in [-0.39, 0.29) is 5.56 Å². The van der Waals surface area contributed by atoms with Gasteiger partial charge in [-0.3, -0.25) is 4.79 Å². The minimum atomic E-state index is -0.135. The molecule has 0 bridgehead atoms. The van der Waals surface area contributed by atoms with Crippen molar-refractivity contribution in [3.05, 3.63) is 40.4 Å². The van der Waals surface area contributed by atoms with Crippen molar-refractivity contribution >= 4 is 10.9 Å². The molecule has 0 N–H and O–H groups in total. The number of nitrogens with zero attached hydrogens (tertiary/aromatic N) is 2. The van der Waals surface area contributed by atoms with Gasteiger partial charge in [-0.1, -0.05) is 25.5 Å². The van der Waals surface area contributed by atoms with Gasteiger partial charge >= 0.3 is 0 Å². The maximum Gasteiger partial charge on any atom is 0.294 e. The third-order valence-electron chi connectivity index (χ3n) is 2.61. The van der Waals surface area contributed by atoms with Crippen molar-refractivity contribution in [1.29, 1.82) is 0 Å². The van der Waals surface area contributed by atoms with Gasteiger partial charge in [0.25, 0.3) is 5.56 Å². The zero-order valence-electron chi connectivity index (χ0n) is 10.1. The molecule has 0 unspecified atom stereocenters. The molecule has 1 aromatic carbocycles. The molecule has 4 heteroatoms. The van der Waals surface area contributed by atoms with Crippen LogP contribution in [0.5, 0.6) is 0 Å². The Morgan fingerprint density at radius 3 is 2.88 bits per heavy atom. The number of aryl methyl sites for hydroxylation is 1. The summed E-state index contributed by atoms with van der Waals surface area (Å²) >= 11 is 0. The number of unbranched alkanes of at least 4 members (excludes halogenated alkanes) is 1. The van der Waals surface area contributed by atoms with Crippen LogP contribution in [0.1, 0.15) is 25.6 Å². The summed E-state index contributed by atoms with van der Waals surface area (Å²) in [6.45, 7) is 4.40. The number of para-hydroxylation sites is 1. The summed E-state index contributed by atoms with van der Waals surface area (Å²) in [4.78, 5) is 22.0. The molecule has 0 aliphatic carbocycles. The quantitative estimate of drug-likeness (QED) is 0.757. The van der Waals surface area contributed by atoms with E-state index in [2.05, 4.69) is 11.9 Å². The first kappa shape index (κ1) is 11.6. The highest BCUT2D eigenvalue weighted by molar-refractivity contribution is 5.77. The molecular weight excluding hydrogens is 216 g/mol. The van der Waals surface area contributed by atoms with Crippen LogP contribution in [-0.4, -0.2) is 16.3 Å². The Balaban J connectivity index is 2.45. The fourth-order valence-corrected chi connectivity index (χ4v) is 1.68. The van der Waals surface area contributed by atoms with Gasteiger partial charge in [0.15, 0.2) is 0 Å². The SMILES string of the molecule is CCCCOn1c(C)nc2ccccc2c1=O. The third-order valence-corrected chi connectivity index (χ3v) is 2.61. The number of rotatable bonds is 4. The van der Waals surface area contributed by atoms with Gasteiger partial charge in [-0.05, 0) is 25.5 Å². The Hall–Kier alpha value is -1.84. The molecule has 2 aromatic rings. The molecule has 0 amide bonds. The van der Waals surface area contributed by atoms with Gasteiger partial charge in [0.1, 0.15) is 12.4 Å². The summed E-state index contributed by atoms with van der Waals surface area (Å²) in [6.07, 6.45) is 1.97. The minimum Gasteiger partial charge on any atom is -0.409 e. The zero-order chi connectivity index (χ0) is 12.3. The van der Waals surface area contributed by atoms with Gasteiger partial charge in [-0.2, -0.15) is 0 Å². The topological polar surface area (TPSA) is 44.1 Å². The summed E-state index contributed by atoms with van der Waals surface area (Å²) in [6, 6.07) is 7.30. The average molecular weight is 232 g/mol. The number of hydrogen-bond acceptors (Lipinski definition) is 3. The Labute approximate surface area is 99.8 Å². The van der Waals surface area contributed by atoms with Crippen molar-refractivity contribution in [2.45, 2.75) is 26.7 Å². The van der Waals surface area contributed by atoms with Crippen molar-refractivity contribution in [2.75, 3.05) is 6.61 Å². The van der Waals surface area contributed by atoms with E-state index in [1.165, 1.54) is 4.73 Å². The fourth-order valence-electron chi connectivity index (χ4n) is 1.68. The number of fused-ring (bicyclic) bond motifs is 1. The third kappa shape index (κ3) is 2.30. The highest BCUT2D eigenvalue weighted by Crippen LogP contribution is 2.06. The highest BCUT2D eigenvalue weighted by Gasteiger charge is 2.07. The van der Waals surface area contributed by atoms with Crippen molar-refractivity contribution < 1.29 is 4.84 Å². The molecule has 0 atom stereocenters. The van der Waals surface area contributed by atoms with Crippen LogP contribution >= 0.6 is 0 Å². The summed E-state index contributed by atoms with van der Waals surface area (Å²) in [5.74, 6) is 0.588. The molecule has 0 saturated heterocycles. The Morgan fingerprint density at radius 2 is 2.12 bits per heavy atom. The van der Waals surface area contributed by atoms with Crippen LogP contribution in [0.2, 0.25) is 0 Å². The van der Waals surface area contributed by atoms with Crippen LogP contribution in [0, 0.1) is 6.92 Å². The summed E-state index contributed by atoms with van der Waals surface area (Å²) in [5, 5.41) is 0.592. The second-order valence-electron chi connectivity index (χ2n) is 3.96. The van der Waals surface area contributed by atoms with E-state index in [1.54, 1.807) is 13.0 Å². The summed E-state index contributed by atoms with van der Waals surface area (Å²) in [5.41, 5.74) is 0.578. The molecule has 0 saturated carbocycles. The van der Waals surface area contributed by atoms with E-state index in [9.17, 15) is 4.79 Å². The largest absolute Gasteiger partial charge is 0.409 e. The van der Waals surface area contributed by atoms with Gasteiger partial charge in [-0.15, -0.1) is 4.73 Å². The molecule has 2 rings (SSSR count). The van der Waals surface area contributed by atoms with E-state index in [0.29, 0.717) is 23.3 Å². The molecule has 17 heavy (non-hydrogen) atoms. The molecule has 0 aliphatic rings. The maximum absolute atomic E-state index is 12.1. The van der Waals surface area contributed by atoms with Crippen LogP contribution < -0.4 is 10.4 Å². The fraction of sp³-hybridized carbons (Fsp3) is 0.385. The zero-order valence-corrected chi connectivity index (χ0v) is 10.1. The molecule has 90 valence electrons. The van der Waals surface area contributed by atoms with Crippen LogP contribution in [0.15, 0.2) is 29.1 Å². The first-order valence-corrected chi connectivity index (χ1v) is 5.85. The molecular formula is C13H16N2O2. The maximum atomic E-state index is 12.1. The summed E-state index contributed by atoms with van der Waals surface area (Å²) < 4.78 is 1.29. The standard InChI is InChI=1S/C13H16N2O2/c1-3-4-9-17-15-10(2)14-12-8-6-5-7-11(12)13(15)16/h5-8H,3-4,9H2,1-2H3. The number of aromatic nitrogens is 2. The number of hydrogen-bond donors (Lipinski definition) is 0. The Morgan fingerprint density at radius 1 is 1.35 bits per heavy atom. The van der Waals surface area contributed by atoms with Crippen molar-refractivity contribution in [3.8, 4) is 0 Å². The van der Waals surface area contributed by atoms with Gasteiger partial charge in [0.05, 0.1) is 10.9 Å². The molecule has 4 nitrogen and oxygen atoms in total. The van der Waals surface area contributed by atoms with Gasteiger partial charge < -0.3 is 4.84 Å². The smallest absolute Gasteiger partial charge is 0.294 e. The monoisotopic (exact) mass is 232 g/mol. The van der Waals surface area contributed by atoms with E-state index in [0.717, 1.165) is 12.8 Å². The molecule has 0 fully saturated rings. The highest BCUT2D eigenvalue weighted by atomic mass is 16.7. The lowest BCUT2D eigenvalue weighted by atomic mass is 10.2. The lowest BCUT2D eigenvalue weighted by Gasteiger charge is -2.11. The second kappa shape index (κ2) is 4.99. The van der Waals surface area contributed by atoms with Gasteiger partial charge in [0, 0.05) is 0 Å². The van der Waals surface area contributed by atoms with Crippen LogP contribution in [-0.2, 0) is 0 Å². The van der Waals surface area contributed by atoms with Crippen molar-refractivity contribution in [2.24, 2.45) is 0 Å². The van der Waals surface area contributed by atoms with E-state index in [1.807, 2.05) is 18.2 Å². The van der Waals surface area contributed by atoms with Crippen molar-refractivity contribution in [1.82, 2.24) is 9.71 Å². The average Bonchev–Trinajstić information content (AvgIpc) is 2.33. The predicted octanol–water partition coefficient (Wildman–Crippen LogP) is 1.93. The first-order valence-electron chi connectivity index (χ1n) is 5.85. The normalized spacial score (nSPS) is 10.7. The second-order valence-corrected chi connectivity index (χ2v) is 3.96. The first-order chi connectivity index (χ1) is 8.24. The van der Waals surface area contributed by atoms with E-state index in [4.69, 9.17) is 4.84 Å². The lowest BCUT2D eigenvalue weighted by molar-refractivity contribution is 0.0932.